The Morgan fingerprint density at radius 1 is 1.03 bits per heavy atom. The van der Waals surface area contributed by atoms with Crippen molar-refractivity contribution in [3.05, 3.63) is 113 Å². The molecule has 1 aliphatic heterocycles. The van der Waals surface area contributed by atoms with Crippen molar-refractivity contribution in [2.45, 2.75) is 19.6 Å². The lowest BCUT2D eigenvalue weighted by Gasteiger charge is -2.28. The number of carbonyl (C=O) groups excluding carboxylic acids is 2. The van der Waals surface area contributed by atoms with Crippen LogP contribution in [0.15, 0.2) is 79.0 Å². The van der Waals surface area contributed by atoms with E-state index in [1.54, 1.807) is 33.8 Å². The molecule has 1 aromatic heterocycles. The van der Waals surface area contributed by atoms with Crippen LogP contribution >= 0.6 is 0 Å². The highest BCUT2D eigenvalue weighted by Crippen LogP contribution is 2.25. The Hall–Kier alpha value is -4.74. The van der Waals surface area contributed by atoms with Gasteiger partial charge in [0.15, 0.2) is 0 Å². The number of fused-ring (bicyclic) bond motifs is 1. The predicted molar refractivity (Wildman–Crippen MR) is 135 cm³/mol. The minimum atomic E-state index is -0.459. The first kappa shape index (κ1) is 23.0. The largest absolute Gasteiger partial charge is 0.392 e. The monoisotopic (exact) mass is 477 g/mol. The SMILES string of the molecule is N#Cc1cccc(NC(=O)c2cnn3c2C(=O)N(c2ccc(Cc4ccccc4CO)cc2)CC3)c1. The summed E-state index contributed by atoms with van der Waals surface area (Å²) in [6.07, 6.45) is 2.08. The highest BCUT2D eigenvalue weighted by atomic mass is 16.3. The third-order valence-electron chi connectivity index (χ3n) is 6.25. The molecule has 2 N–H and O–H groups in total. The topological polar surface area (TPSA) is 111 Å². The molecule has 0 bridgehead atoms. The van der Waals surface area contributed by atoms with Crippen molar-refractivity contribution in [3.8, 4) is 6.07 Å². The summed E-state index contributed by atoms with van der Waals surface area (Å²) >= 11 is 0. The summed E-state index contributed by atoms with van der Waals surface area (Å²) in [5.41, 5.74) is 5.06. The third kappa shape index (κ3) is 4.48. The number of aliphatic hydroxyl groups excluding tert-OH is 1. The van der Waals surface area contributed by atoms with Crippen molar-refractivity contribution in [1.82, 2.24) is 9.78 Å². The maximum absolute atomic E-state index is 13.4. The second-order valence-electron chi connectivity index (χ2n) is 8.50. The number of nitriles is 1. The van der Waals surface area contributed by atoms with Gasteiger partial charge in [-0.25, -0.2) is 0 Å². The summed E-state index contributed by atoms with van der Waals surface area (Å²) in [4.78, 5) is 28.0. The van der Waals surface area contributed by atoms with E-state index in [9.17, 15) is 14.7 Å². The summed E-state index contributed by atoms with van der Waals surface area (Å²) in [5, 5.41) is 25.7. The zero-order valence-corrected chi connectivity index (χ0v) is 19.4. The van der Waals surface area contributed by atoms with Gasteiger partial charge in [0.2, 0.25) is 0 Å². The molecular weight excluding hydrogens is 454 g/mol. The maximum atomic E-state index is 13.4. The van der Waals surface area contributed by atoms with Gasteiger partial charge in [-0.1, -0.05) is 42.5 Å². The number of hydrogen-bond acceptors (Lipinski definition) is 5. The molecule has 8 nitrogen and oxygen atoms in total. The number of carbonyl (C=O) groups is 2. The van der Waals surface area contributed by atoms with Gasteiger partial charge in [-0.3, -0.25) is 14.3 Å². The molecule has 0 fully saturated rings. The van der Waals surface area contributed by atoms with Gasteiger partial charge in [0.25, 0.3) is 11.8 Å². The summed E-state index contributed by atoms with van der Waals surface area (Å²) in [6, 6.07) is 24.1. The minimum Gasteiger partial charge on any atom is -0.392 e. The van der Waals surface area contributed by atoms with Crippen molar-refractivity contribution in [3.63, 3.8) is 0 Å². The molecule has 2 amide bonds. The van der Waals surface area contributed by atoms with Crippen LogP contribution in [0.2, 0.25) is 0 Å². The molecule has 0 saturated heterocycles. The molecule has 0 unspecified atom stereocenters. The number of hydrogen-bond donors (Lipinski definition) is 2. The van der Waals surface area contributed by atoms with Gasteiger partial charge in [-0.2, -0.15) is 10.4 Å². The fourth-order valence-corrected chi connectivity index (χ4v) is 4.38. The van der Waals surface area contributed by atoms with E-state index in [1.165, 1.54) is 6.20 Å². The molecule has 178 valence electrons. The van der Waals surface area contributed by atoms with Gasteiger partial charge in [0.05, 0.1) is 36.5 Å². The molecular formula is C28H23N5O3. The van der Waals surface area contributed by atoms with Crippen molar-refractivity contribution >= 4 is 23.2 Å². The van der Waals surface area contributed by atoms with Crippen molar-refractivity contribution < 1.29 is 14.7 Å². The van der Waals surface area contributed by atoms with E-state index in [1.807, 2.05) is 54.6 Å². The van der Waals surface area contributed by atoms with Crippen LogP contribution in [0, 0.1) is 11.3 Å². The molecule has 36 heavy (non-hydrogen) atoms. The smallest absolute Gasteiger partial charge is 0.277 e. The highest BCUT2D eigenvalue weighted by molar-refractivity contribution is 6.15. The van der Waals surface area contributed by atoms with Crippen molar-refractivity contribution in [2.75, 3.05) is 16.8 Å². The fourth-order valence-electron chi connectivity index (χ4n) is 4.38. The molecule has 2 heterocycles. The molecule has 4 aromatic rings. The van der Waals surface area contributed by atoms with Gasteiger partial charge >= 0.3 is 0 Å². The number of aromatic nitrogens is 2. The average molecular weight is 478 g/mol. The first-order valence-corrected chi connectivity index (χ1v) is 11.5. The number of anilines is 2. The molecule has 0 saturated carbocycles. The van der Waals surface area contributed by atoms with Gasteiger partial charge in [0.1, 0.15) is 5.69 Å². The number of nitrogens with zero attached hydrogens (tertiary/aromatic N) is 4. The highest BCUT2D eigenvalue weighted by Gasteiger charge is 2.32. The van der Waals surface area contributed by atoms with E-state index in [2.05, 4.69) is 10.4 Å². The van der Waals surface area contributed by atoms with Crippen LogP contribution in [-0.4, -0.2) is 33.2 Å². The van der Waals surface area contributed by atoms with Gasteiger partial charge in [-0.05, 0) is 53.4 Å². The number of nitrogens with one attached hydrogen (secondary N) is 1. The van der Waals surface area contributed by atoms with E-state index in [0.717, 1.165) is 22.4 Å². The third-order valence-corrected chi connectivity index (χ3v) is 6.25. The lowest BCUT2D eigenvalue weighted by Crippen LogP contribution is -2.41. The maximum Gasteiger partial charge on any atom is 0.277 e. The predicted octanol–water partition coefficient (Wildman–Crippen LogP) is 3.75. The van der Waals surface area contributed by atoms with Crippen molar-refractivity contribution in [1.29, 1.82) is 5.26 Å². The Kier molecular flexibility index (Phi) is 6.31. The Morgan fingerprint density at radius 3 is 2.56 bits per heavy atom. The molecule has 0 radical (unpaired) electrons. The molecule has 3 aromatic carbocycles. The van der Waals surface area contributed by atoms with Crippen LogP contribution < -0.4 is 10.2 Å². The van der Waals surface area contributed by atoms with Crippen LogP contribution in [-0.2, 0) is 19.6 Å². The van der Waals surface area contributed by atoms with Crippen molar-refractivity contribution in [2.24, 2.45) is 0 Å². The Morgan fingerprint density at radius 2 is 1.81 bits per heavy atom. The second kappa shape index (κ2) is 9.86. The summed E-state index contributed by atoms with van der Waals surface area (Å²) < 4.78 is 1.56. The Labute approximate surface area is 208 Å². The molecule has 1 aliphatic rings. The first-order chi connectivity index (χ1) is 17.6. The lowest BCUT2D eigenvalue weighted by molar-refractivity contribution is 0.0947. The molecule has 8 heteroatoms. The molecule has 5 rings (SSSR count). The Bertz CT molecular complexity index is 1480. The van der Waals surface area contributed by atoms with Crippen LogP contribution in [0.5, 0.6) is 0 Å². The molecule has 0 spiro atoms. The lowest BCUT2D eigenvalue weighted by atomic mass is 10.00. The van der Waals surface area contributed by atoms with E-state index in [0.29, 0.717) is 30.8 Å². The number of benzene rings is 3. The second-order valence-corrected chi connectivity index (χ2v) is 8.50. The normalized spacial score (nSPS) is 12.7. The van der Waals surface area contributed by atoms with E-state index in [4.69, 9.17) is 5.26 Å². The quantitative estimate of drug-likeness (QED) is 0.439. The zero-order chi connectivity index (χ0) is 25.1. The van der Waals surface area contributed by atoms with Gasteiger partial charge < -0.3 is 15.3 Å². The Balaban J connectivity index is 1.35. The summed E-state index contributed by atoms with van der Waals surface area (Å²) in [5.74, 6) is -0.757. The average Bonchev–Trinajstić information content (AvgIpc) is 3.35. The minimum absolute atomic E-state index is 0.0100. The number of aliphatic hydroxyl groups is 1. The van der Waals surface area contributed by atoms with Gasteiger partial charge in [0, 0.05) is 17.9 Å². The van der Waals surface area contributed by atoms with E-state index in [-0.39, 0.29) is 23.8 Å². The van der Waals surface area contributed by atoms with Crippen LogP contribution in [0.1, 0.15) is 43.1 Å². The molecule has 0 aliphatic carbocycles. The standard InChI is InChI=1S/C28H23N5O3/c29-16-20-4-3-7-23(15-20)31-27(35)25-17-30-33-13-12-32(28(36)26(25)33)24-10-8-19(9-11-24)14-21-5-1-2-6-22(21)18-34/h1-11,15,17,34H,12-14,18H2,(H,31,35). The van der Waals surface area contributed by atoms with E-state index < -0.39 is 5.91 Å². The number of amides is 2. The summed E-state index contributed by atoms with van der Waals surface area (Å²) in [7, 11) is 0. The van der Waals surface area contributed by atoms with Crippen LogP contribution in [0.3, 0.4) is 0 Å². The first-order valence-electron chi connectivity index (χ1n) is 11.5. The zero-order valence-electron chi connectivity index (χ0n) is 19.4. The van der Waals surface area contributed by atoms with E-state index >= 15 is 0 Å². The fraction of sp³-hybridized carbons (Fsp3) is 0.143. The summed E-state index contributed by atoms with van der Waals surface area (Å²) in [6.45, 7) is 0.888. The molecule has 0 atom stereocenters. The van der Waals surface area contributed by atoms with Crippen LogP contribution in [0.4, 0.5) is 11.4 Å². The van der Waals surface area contributed by atoms with Gasteiger partial charge in [-0.15, -0.1) is 0 Å². The van der Waals surface area contributed by atoms with Crippen LogP contribution in [0.25, 0.3) is 0 Å². The number of rotatable bonds is 6.